The van der Waals surface area contributed by atoms with Crippen LogP contribution in [0.3, 0.4) is 0 Å². The molecule has 1 aliphatic rings. The lowest BCUT2D eigenvalue weighted by Crippen LogP contribution is -2.49. The fourth-order valence-electron chi connectivity index (χ4n) is 2.68. The van der Waals surface area contributed by atoms with E-state index >= 15 is 0 Å². The van der Waals surface area contributed by atoms with Crippen molar-refractivity contribution in [2.24, 2.45) is 0 Å². The van der Waals surface area contributed by atoms with Gasteiger partial charge in [-0.25, -0.2) is 0 Å². The quantitative estimate of drug-likeness (QED) is 0.738. The predicted molar refractivity (Wildman–Crippen MR) is 97.8 cm³/mol. The Morgan fingerprint density at radius 2 is 1.87 bits per heavy atom. The Morgan fingerprint density at radius 1 is 1.22 bits per heavy atom. The van der Waals surface area contributed by atoms with Gasteiger partial charge in [0.1, 0.15) is 0 Å². The first-order chi connectivity index (χ1) is 10.7. The highest BCUT2D eigenvalue weighted by Gasteiger charge is 2.38. The third kappa shape index (κ3) is 4.67. The monoisotopic (exact) mass is 333 g/mol. The number of amides is 1. The Morgan fingerprint density at radius 3 is 2.48 bits per heavy atom. The summed E-state index contributed by atoms with van der Waals surface area (Å²) < 4.78 is 6.39. The normalized spacial score (nSPS) is 20.0. The van der Waals surface area contributed by atoms with Gasteiger partial charge in [-0.15, -0.1) is 0 Å². The largest absolute Gasteiger partial charge is 0.415 e. The topological polar surface area (TPSA) is 29.5 Å². The van der Waals surface area contributed by atoms with Crippen LogP contribution in [-0.4, -0.2) is 31.8 Å². The van der Waals surface area contributed by atoms with Gasteiger partial charge in [0.2, 0.25) is 5.91 Å². The van der Waals surface area contributed by atoms with Gasteiger partial charge in [-0.2, -0.15) is 0 Å². The second kappa shape index (κ2) is 7.18. The molecule has 1 heterocycles. The first-order valence-corrected chi connectivity index (χ1v) is 11.6. The van der Waals surface area contributed by atoms with Gasteiger partial charge in [-0.3, -0.25) is 4.79 Å². The van der Waals surface area contributed by atoms with Crippen LogP contribution in [0.15, 0.2) is 30.3 Å². The van der Waals surface area contributed by atoms with E-state index in [0.717, 1.165) is 12.8 Å². The average molecular weight is 334 g/mol. The number of hydrogen-bond acceptors (Lipinski definition) is 2. The molecule has 0 bridgehead atoms. The third-order valence-electron chi connectivity index (χ3n) is 5.33. The molecule has 1 saturated heterocycles. The van der Waals surface area contributed by atoms with Crippen LogP contribution in [0, 0.1) is 0 Å². The smallest absolute Gasteiger partial charge is 0.223 e. The Kier molecular flexibility index (Phi) is 5.68. The second-order valence-electron chi connectivity index (χ2n) is 8.12. The van der Waals surface area contributed by atoms with Crippen molar-refractivity contribution in [3.05, 3.63) is 35.9 Å². The van der Waals surface area contributed by atoms with Crippen LogP contribution < -0.4 is 0 Å². The summed E-state index contributed by atoms with van der Waals surface area (Å²) in [5, 5.41) is 0.204. The summed E-state index contributed by atoms with van der Waals surface area (Å²) >= 11 is 0. The zero-order valence-electron chi connectivity index (χ0n) is 15.3. The van der Waals surface area contributed by atoms with E-state index in [-0.39, 0.29) is 17.0 Å². The lowest BCUT2D eigenvalue weighted by Gasteiger charge is -2.41. The van der Waals surface area contributed by atoms with Crippen molar-refractivity contribution in [1.29, 1.82) is 0 Å². The zero-order valence-corrected chi connectivity index (χ0v) is 16.3. The highest BCUT2D eigenvalue weighted by atomic mass is 28.4. The first kappa shape index (κ1) is 18.2. The Hall–Kier alpha value is -1.13. The van der Waals surface area contributed by atoms with E-state index in [2.05, 4.69) is 46.0 Å². The number of hydrogen-bond donors (Lipinski definition) is 0. The molecule has 0 saturated carbocycles. The van der Waals surface area contributed by atoms with Crippen molar-refractivity contribution in [3.8, 4) is 0 Å². The van der Waals surface area contributed by atoms with Crippen LogP contribution in [0.2, 0.25) is 18.1 Å². The summed E-state index contributed by atoms with van der Waals surface area (Å²) in [7, 11) is -1.77. The maximum atomic E-state index is 12.4. The second-order valence-corrected chi connectivity index (χ2v) is 12.9. The molecule has 0 aromatic heterocycles. The minimum atomic E-state index is -1.77. The Labute approximate surface area is 142 Å². The average Bonchev–Trinajstić information content (AvgIpc) is 2.48. The molecule has 1 atom stereocenters. The summed E-state index contributed by atoms with van der Waals surface area (Å²) in [6.45, 7) is 12.7. The standard InChI is InChI=1S/C19H31NO2Si/c1-19(2,3)23(4,5)22-15-17-12-9-13-18(21)20(17)14-16-10-7-6-8-11-16/h6-8,10-11,17H,9,12-15H2,1-5H3/t17-/m1/s1. The van der Waals surface area contributed by atoms with Crippen molar-refractivity contribution >= 4 is 14.2 Å². The fourth-order valence-corrected chi connectivity index (χ4v) is 3.73. The number of carbonyl (C=O) groups is 1. The van der Waals surface area contributed by atoms with Crippen LogP contribution in [-0.2, 0) is 15.8 Å². The highest BCUT2D eigenvalue weighted by molar-refractivity contribution is 6.74. The van der Waals surface area contributed by atoms with E-state index in [4.69, 9.17) is 4.43 Å². The number of benzene rings is 1. The molecule has 0 radical (unpaired) electrons. The maximum absolute atomic E-state index is 12.4. The van der Waals surface area contributed by atoms with Crippen molar-refractivity contribution in [3.63, 3.8) is 0 Å². The summed E-state index contributed by atoms with van der Waals surface area (Å²) in [5.74, 6) is 0.268. The van der Waals surface area contributed by atoms with Gasteiger partial charge in [0.15, 0.2) is 8.32 Å². The van der Waals surface area contributed by atoms with E-state index in [1.54, 1.807) is 0 Å². The Bertz CT molecular complexity index is 522. The number of rotatable bonds is 5. The summed E-state index contributed by atoms with van der Waals surface area (Å²) in [6, 6.07) is 10.5. The fraction of sp³-hybridized carbons (Fsp3) is 0.632. The van der Waals surface area contributed by atoms with Crippen molar-refractivity contribution in [1.82, 2.24) is 4.90 Å². The summed E-state index contributed by atoms with van der Waals surface area (Å²) in [5.41, 5.74) is 1.19. The van der Waals surface area contributed by atoms with Crippen LogP contribution in [0.4, 0.5) is 0 Å². The van der Waals surface area contributed by atoms with E-state index in [1.165, 1.54) is 5.56 Å². The summed E-state index contributed by atoms with van der Waals surface area (Å²) in [4.78, 5) is 14.4. The molecular weight excluding hydrogens is 302 g/mol. The van der Waals surface area contributed by atoms with Gasteiger partial charge in [0, 0.05) is 13.0 Å². The molecule has 1 aromatic rings. The van der Waals surface area contributed by atoms with Crippen molar-refractivity contribution in [2.45, 2.75) is 70.8 Å². The molecule has 1 aliphatic heterocycles. The van der Waals surface area contributed by atoms with Crippen LogP contribution >= 0.6 is 0 Å². The van der Waals surface area contributed by atoms with Gasteiger partial charge >= 0.3 is 0 Å². The van der Waals surface area contributed by atoms with E-state index in [1.807, 2.05) is 23.1 Å². The minimum Gasteiger partial charge on any atom is -0.415 e. The predicted octanol–water partition coefficient (Wildman–Crippen LogP) is 4.59. The SMILES string of the molecule is CC(C)(C)[Si](C)(C)OC[C@H]1CCCC(=O)N1Cc1ccccc1. The molecule has 2 rings (SSSR count). The Balaban J connectivity index is 2.04. The molecule has 23 heavy (non-hydrogen) atoms. The molecular formula is C19H31NO2Si. The molecule has 0 aliphatic carbocycles. The molecule has 0 unspecified atom stereocenters. The molecule has 1 amide bonds. The van der Waals surface area contributed by atoms with Crippen molar-refractivity contribution in [2.75, 3.05) is 6.61 Å². The van der Waals surface area contributed by atoms with Gasteiger partial charge < -0.3 is 9.33 Å². The number of nitrogens with zero attached hydrogens (tertiary/aromatic N) is 1. The third-order valence-corrected chi connectivity index (χ3v) is 9.83. The first-order valence-electron chi connectivity index (χ1n) is 8.68. The summed E-state index contributed by atoms with van der Waals surface area (Å²) in [6.07, 6.45) is 2.70. The van der Waals surface area contributed by atoms with Gasteiger partial charge in [0.05, 0.1) is 12.6 Å². The van der Waals surface area contributed by atoms with Crippen LogP contribution in [0.25, 0.3) is 0 Å². The number of piperidine rings is 1. The van der Waals surface area contributed by atoms with Crippen molar-refractivity contribution < 1.29 is 9.22 Å². The highest BCUT2D eigenvalue weighted by Crippen LogP contribution is 2.37. The molecule has 3 nitrogen and oxygen atoms in total. The molecule has 1 fully saturated rings. The van der Waals surface area contributed by atoms with Crippen LogP contribution in [0.5, 0.6) is 0 Å². The lowest BCUT2D eigenvalue weighted by molar-refractivity contribution is -0.138. The van der Waals surface area contributed by atoms with Gasteiger partial charge in [-0.1, -0.05) is 51.1 Å². The van der Waals surface area contributed by atoms with Gasteiger partial charge in [-0.05, 0) is 36.5 Å². The van der Waals surface area contributed by atoms with E-state index in [9.17, 15) is 4.79 Å². The van der Waals surface area contributed by atoms with Crippen LogP contribution in [0.1, 0.15) is 45.6 Å². The number of carbonyl (C=O) groups excluding carboxylic acids is 1. The van der Waals surface area contributed by atoms with Gasteiger partial charge in [0.25, 0.3) is 0 Å². The number of likely N-dealkylation sites (tertiary alicyclic amines) is 1. The molecule has 4 heteroatoms. The zero-order chi connectivity index (χ0) is 17.1. The molecule has 128 valence electrons. The lowest BCUT2D eigenvalue weighted by atomic mass is 10.0. The molecule has 0 N–H and O–H groups in total. The minimum absolute atomic E-state index is 0.204. The maximum Gasteiger partial charge on any atom is 0.223 e. The molecule has 0 spiro atoms. The molecule has 1 aromatic carbocycles. The van der Waals surface area contributed by atoms with E-state index < -0.39 is 8.32 Å². The van der Waals surface area contributed by atoms with E-state index in [0.29, 0.717) is 19.6 Å².